The molecule has 0 aromatic heterocycles. The Kier molecular flexibility index (Phi) is 1.32. The summed E-state index contributed by atoms with van der Waals surface area (Å²) in [6.45, 7) is 5.91. The van der Waals surface area contributed by atoms with Gasteiger partial charge in [-0.3, -0.25) is 4.79 Å². The standard InChI is InChI=1S/C10H16O2/c1-9(2)6-4-5-10(3,12)8(11)7(6)9/h6-7,12H,4-5H2,1-3H3. The predicted molar refractivity (Wildman–Crippen MR) is 45.6 cm³/mol. The first-order chi connectivity index (χ1) is 5.37. The van der Waals surface area contributed by atoms with Gasteiger partial charge < -0.3 is 5.11 Å². The number of Topliss-reactive ketones (excluding diaryl/α,β-unsaturated/α-hetero) is 1. The van der Waals surface area contributed by atoms with Gasteiger partial charge in [0.15, 0.2) is 5.78 Å². The lowest BCUT2D eigenvalue weighted by atomic mass is 9.85. The summed E-state index contributed by atoms with van der Waals surface area (Å²) >= 11 is 0. The molecule has 2 saturated carbocycles. The van der Waals surface area contributed by atoms with Crippen molar-refractivity contribution >= 4 is 5.78 Å². The summed E-state index contributed by atoms with van der Waals surface area (Å²) in [5.74, 6) is 0.759. The van der Waals surface area contributed by atoms with Gasteiger partial charge in [0.05, 0.1) is 0 Å². The molecule has 0 aromatic carbocycles. The number of hydrogen-bond donors (Lipinski definition) is 1. The summed E-state index contributed by atoms with van der Waals surface area (Å²) in [7, 11) is 0. The SMILES string of the molecule is CC1(O)CCC2C(C1=O)C2(C)C. The van der Waals surface area contributed by atoms with E-state index in [9.17, 15) is 9.90 Å². The summed E-state index contributed by atoms with van der Waals surface area (Å²) in [4.78, 5) is 11.7. The molecule has 3 atom stereocenters. The van der Waals surface area contributed by atoms with E-state index in [0.717, 1.165) is 6.42 Å². The van der Waals surface area contributed by atoms with Gasteiger partial charge in [0.1, 0.15) is 5.60 Å². The molecule has 12 heavy (non-hydrogen) atoms. The molecule has 0 saturated heterocycles. The van der Waals surface area contributed by atoms with Crippen LogP contribution in [0.4, 0.5) is 0 Å². The molecule has 0 spiro atoms. The summed E-state index contributed by atoms with van der Waals surface area (Å²) in [5, 5.41) is 9.72. The van der Waals surface area contributed by atoms with E-state index in [2.05, 4.69) is 13.8 Å². The van der Waals surface area contributed by atoms with Crippen LogP contribution < -0.4 is 0 Å². The lowest BCUT2D eigenvalue weighted by molar-refractivity contribution is -0.140. The average molecular weight is 168 g/mol. The highest BCUT2D eigenvalue weighted by molar-refractivity contribution is 5.93. The van der Waals surface area contributed by atoms with Crippen LogP contribution in [0.2, 0.25) is 0 Å². The van der Waals surface area contributed by atoms with Crippen LogP contribution in [0, 0.1) is 17.3 Å². The topological polar surface area (TPSA) is 37.3 Å². The van der Waals surface area contributed by atoms with Crippen molar-refractivity contribution in [1.29, 1.82) is 0 Å². The molecule has 0 bridgehead atoms. The quantitative estimate of drug-likeness (QED) is 0.593. The molecule has 0 amide bonds. The molecule has 2 heteroatoms. The molecule has 2 rings (SSSR count). The van der Waals surface area contributed by atoms with Crippen molar-refractivity contribution in [3.63, 3.8) is 0 Å². The van der Waals surface area contributed by atoms with E-state index in [0.29, 0.717) is 12.3 Å². The van der Waals surface area contributed by atoms with Gasteiger partial charge in [0.25, 0.3) is 0 Å². The number of carbonyl (C=O) groups is 1. The molecular formula is C10H16O2. The van der Waals surface area contributed by atoms with Crippen molar-refractivity contribution in [2.24, 2.45) is 17.3 Å². The van der Waals surface area contributed by atoms with E-state index in [-0.39, 0.29) is 17.1 Å². The van der Waals surface area contributed by atoms with E-state index in [4.69, 9.17) is 0 Å². The molecule has 0 aromatic rings. The van der Waals surface area contributed by atoms with Gasteiger partial charge in [0, 0.05) is 5.92 Å². The lowest BCUT2D eigenvalue weighted by Gasteiger charge is -2.25. The Bertz CT molecular complexity index is 240. The summed E-state index contributed by atoms with van der Waals surface area (Å²) in [5.41, 5.74) is -0.869. The Balaban J connectivity index is 2.24. The average Bonchev–Trinajstić information content (AvgIpc) is 2.46. The normalized spacial score (nSPS) is 50.2. The number of ketones is 1. The van der Waals surface area contributed by atoms with E-state index in [1.165, 1.54) is 0 Å². The van der Waals surface area contributed by atoms with Gasteiger partial charge in [-0.05, 0) is 31.1 Å². The van der Waals surface area contributed by atoms with Crippen LogP contribution in [0.1, 0.15) is 33.6 Å². The van der Waals surface area contributed by atoms with Crippen LogP contribution in [0.3, 0.4) is 0 Å². The highest BCUT2D eigenvalue weighted by Gasteiger charge is 2.66. The molecule has 2 nitrogen and oxygen atoms in total. The molecule has 1 N–H and O–H groups in total. The third-order valence-corrected chi connectivity index (χ3v) is 3.81. The maximum atomic E-state index is 11.7. The summed E-state index contributed by atoms with van der Waals surface area (Å²) in [6, 6.07) is 0. The maximum Gasteiger partial charge on any atom is 0.167 e. The van der Waals surface area contributed by atoms with Crippen LogP contribution in [-0.4, -0.2) is 16.5 Å². The monoisotopic (exact) mass is 168 g/mol. The van der Waals surface area contributed by atoms with Gasteiger partial charge in [-0.2, -0.15) is 0 Å². The second-order valence-electron chi connectivity index (χ2n) is 5.08. The number of rotatable bonds is 0. The zero-order chi connectivity index (χ0) is 9.15. The first kappa shape index (κ1) is 8.24. The highest BCUT2D eigenvalue weighted by atomic mass is 16.3. The number of hydrogen-bond acceptors (Lipinski definition) is 2. The minimum Gasteiger partial charge on any atom is -0.382 e. The third kappa shape index (κ3) is 0.817. The molecule has 0 radical (unpaired) electrons. The minimum absolute atomic E-state index is 0.0729. The van der Waals surface area contributed by atoms with E-state index < -0.39 is 5.60 Å². The Morgan fingerprint density at radius 2 is 2.00 bits per heavy atom. The predicted octanol–water partition coefficient (Wildman–Crippen LogP) is 1.37. The zero-order valence-corrected chi connectivity index (χ0v) is 7.92. The molecule has 3 unspecified atom stereocenters. The van der Waals surface area contributed by atoms with Gasteiger partial charge in [-0.25, -0.2) is 0 Å². The largest absolute Gasteiger partial charge is 0.382 e. The van der Waals surface area contributed by atoms with Crippen molar-refractivity contribution in [3.05, 3.63) is 0 Å². The number of carbonyl (C=O) groups excluding carboxylic acids is 1. The van der Waals surface area contributed by atoms with Crippen molar-refractivity contribution in [3.8, 4) is 0 Å². The molecule has 2 fully saturated rings. The van der Waals surface area contributed by atoms with Gasteiger partial charge in [-0.1, -0.05) is 13.8 Å². The Morgan fingerprint density at radius 3 is 2.50 bits per heavy atom. The highest BCUT2D eigenvalue weighted by Crippen LogP contribution is 2.64. The minimum atomic E-state index is -1.03. The van der Waals surface area contributed by atoms with Crippen LogP contribution >= 0.6 is 0 Å². The van der Waals surface area contributed by atoms with E-state index in [1.807, 2.05) is 0 Å². The second-order valence-corrected chi connectivity index (χ2v) is 5.08. The fourth-order valence-corrected chi connectivity index (χ4v) is 2.70. The maximum absolute atomic E-state index is 11.7. The Hall–Kier alpha value is -0.370. The fourth-order valence-electron chi connectivity index (χ4n) is 2.70. The summed E-state index contributed by atoms with van der Waals surface area (Å²) in [6.07, 6.45) is 1.66. The van der Waals surface area contributed by atoms with Crippen LogP contribution in [-0.2, 0) is 4.79 Å². The Labute approximate surface area is 73.0 Å². The van der Waals surface area contributed by atoms with E-state index in [1.54, 1.807) is 6.92 Å². The first-order valence-electron chi connectivity index (χ1n) is 4.64. The van der Waals surface area contributed by atoms with Gasteiger partial charge in [0.2, 0.25) is 0 Å². The number of fused-ring (bicyclic) bond motifs is 1. The molecule has 2 aliphatic carbocycles. The molecule has 0 heterocycles. The van der Waals surface area contributed by atoms with Crippen LogP contribution in [0.15, 0.2) is 0 Å². The van der Waals surface area contributed by atoms with E-state index >= 15 is 0 Å². The smallest absolute Gasteiger partial charge is 0.167 e. The van der Waals surface area contributed by atoms with Crippen molar-refractivity contribution in [1.82, 2.24) is 0 Å². The van der Waals surface area contributed by atoms with Crippen molar-refractivity contribution in [2.45, 2.75) is 39.2 Å². The number of aliphatic hydroxyl groups is 1. The zero-order valence-electron chi connectivity index (χ0n) is 7.92. The third-order valence-electron chi connectivity index (χ3n) is 3.81. The first-order valence-corrected chi connectivity index (χ1v) is 4.64. The van der Waals surface area contributed by atoms with Crippen LogP contribution in [0.25, 0.3) is 0 Å². The molecule has 2 aliphatic rings. The Morgan fingerprint density at radius 1 is 1.42 bits per heavy atom. The molecule has 0 aliphatic heterocycles. The second kappa shape index (κ2) is 1.92. The van der Waals surface area contributed by atoms with Crippen LogP contribution in [0.5, 0.6) is 0 Å². The van der Waals surface area contributed by atoms with Crippen molar-refractivity contribution < 1.29 is 9.90 Å². The van der Waals surface area contributed by atoms with Gasteiger partial charge in [-0.15, -0.1) is 0 Å². The van der Waals surface area contributed by atoms with Gasteiger partial charge >= 0.3 is 0 Å². The fraction of sp³-hybridized carbons (Fsp3) is 0.900. The summed E-state index contributed by atoms with van der Waals surface area (Å²) < 4.78 is 0. The molecular weight excluding hydrogens is 152 g/mol. The molecule has 68 valence electrons. The lowest BCUT2D eigenvalue weighted by Crippen LogP contribution is -2.39. The van der Waals surface area contributed by atoms with Crippen molar-refractivity contribution in [2.75, 3.05) is 0 Å².